The topological polar surface area (TPSA) is 67.1 Å². The molecule has 2 aromatic rings. The van der Waals surface area contributed by atoms with E-state index >= 15 is 0 Å². The lowest BCUT2D eigenvalue weighted by atomic mass is 10.2. The summed E-state index contributed by atoms with van der Waals surface area (Å²) in [5, 5.41) is 9.61. The lowest BCUT2D eigenvalue weighted by Gasteiger charge is -2.14. The van der Waals surface area contributed by atoms with Crippen LogP contribution in [-0.2, 0) is 0 Å². The number of allylic oxidation sites excluding steroid dienone is 1. The minimum atomic E-state index is -0.376. The van der Waals surface area contributed by atoms with Gasteiger partial charge in [0.1, 0.15) is 5.82 Å². The molecule has 0 bridgehead atoms. The number of imidazole rings is 1. The molecule has 0 fully saturated rings. The first-order valence-electron chi connectivity index (χ1n) is 6.31. The Labute approximate surface area is 111 Å². The molecule has 2 heterocycles. The molecule has 6 nitrogen and oxygen atoms in total. The van der Waals surface area contributed by atoms with Crippen LogP contribution in [0.15, 0.2) is 18.5 Å². The van der Waals surface area contributed by atoms with Crippen molar-refractivity contribution < 1.29 is 5.11 Å². The Morgan fingerprint density at radius 3 is 2.74 bits per heavy atom. The molecular weight excluding hydrogens is 242 g/mol. The molecule has 2 aromatic heterocycles. The second-order valence-electron chi connectivity index (χ2n) is 5.07. The van der Waals surface area contributed by atoms with Crippen molar-refractivity contribution in [3.8, 4) is 0 Å². The summed E-state index contributed by atoms with van der Waals surface area (Å²) < 4.78 is 2.00. The SMILES string of the molecule is Cc1nc(N(C)C)c2ncn(C3C=CC(O)C3)c2n1. The molecular formula is C13H17N5O. The largest absolute Gasteiger partial charge is 0.389 e. The molecule has 1 aliphatic rings. The summed E-state index contributed by atoms with van der Waals surface area (Å²) in [5.74, 6) is 1.55. The Hall–Kier alpha value is -1.95. The number of hydrogen-bond acceptors (Lipinski definition) is 5. The van der Waals surface area contributed by atoms with E-state index in [1.165, 1.54) is 0 Å². The third-order valence-corrected chi connectivity index (χ3v) is 3.33. The van der Waals surface area contributed by atoms with Crippen LogP contribution in [0.2, 0.25) is 0 Å². The fraction of sp³-hybridized carbons (Fsp3) is 0.462. The quantitative estimate of drug-likeness (QED) is 0.817. The molecule has 0 saturated heterocycles. The molecule has 0 saturated carbocycles. The van der Waals surface area contributed by atoms with Gasteiger partial charge >= 0.3 is 0 Å². The average molecular weight is 259 g/mol. The molecule has 1 N–H and O–H groups in total. The fourth-order valence-electron chi connectivity index (χ4n) is 2.43. The Bertz CT molecular complexity index is 646. The van der Waals surface area contributed by atoms with E-state index in [-0.39, 0.29) is 12.1 Å². The first kappa shape index (κ1) is 12.1. The van der Waals surface area contributed by atoms with E-state index in [2.05, 4.69) is 15.0 Å². The highest BCUT2D eigenvalue weighted by atomic mass is 16.3. The zero-order valence-electron chi connectivity index (χ0n) is 11.3. The number of aliphatic hydroxyl groups is 1. The van der Waals surface area contributed by atoms with Gasteiger partial charge < -0.3 is 14.6 Å². The summed E-state index contributed by atoms with van der Waals surface area (Å²) in [6.45, 7) is 1.88. The fourth-order valence-corrected chi connectivity index (χ4v) is 2.43. The van der Waals surface area contributed by atoms with Gasteiger partial charge in [-0.3, -0.25) is 0 Å². The maximum absolute atomic E-state index is 9.61. The van der Waals surface area contributed by atoms with Crippen molar-refractivity contribution in [3.05, 3.63) is 24.3 Å². The van der Waals surface area contributed by atoms with Gasteiger partial charge in [0, 0.05) is 20.5 Å². The van der Waals surface area contributed by atoms with E-state index in [9.17, 15) is 5.11 Å². The molecule has 0 aliphatic heterocycles. The minimum absolute atomic E-state index is 0.115. The maximum Gasteiger partial charge on any atom is 0.166 e. The first-order chi connectivity index (χ1) is 9.06. The van der Waals surface area contributed by atoms with Gasteiger partial charge in [-0.05, 0) is 6.92 Å². The van der Waals surface area contributed by atoms with Crippen LogP contribution in [0.25, 0.3) is 11.2 Å². The highest BCUT2D eigenvalue weighted by molar-refractivity contribution is 5.83. The number of rotatable bonds is 2. The molecule has 2 unspecified atom stereocenters. The molecule has 0 spiro atoms. The van der Waals surface area contributed by atoms with E-state index in [0.717, 1.165) is 22.8 Å². The van der Waals surface area contributed by atoms with E-state index < -0.39 is 0 Å². The Morgan fingerprint density at radius 2 is 2.11 bits per heavy atom. The highest BCUT2D eigenvalue weighted by Gasteiger charge is 2.22. The zero-order chi connectivity index (χ0) is 13.6. The van der Waals surface area contributed by atoms with Crippen LogP contribution in [0.5, 0.6) is 0 Å². The summed E-state index contributed by atoms with van der Waals surface area (Å²) in [5.41, 5.74) is 1.62. The van der Waals surface area contributed by atoms with E-state index in [4.69, 9.17) is 0 Å². The number of fused-ring (bicyclic) bond motifs is 1. The Balaban J connectivity index is 2.15. The van der Waals surface area contributed by atoms with Crippen LogP contribution in [0.3, 0.4) is 0 Å². The Kier molecular flexibility index (Phi) is 2.74. The molecule has 2 atom stereocenters. The molecule has 6 heteroatoms. The second kappa shape index (κ2) is 4.31. The Morgan fingerprint density at radius 1 is 1.32 bits per heavy atom. The van der Waals surface area contributed by atoms with Crippen molar-refractivity contribution in [2.75, 3.05) is 19.0 Å². The van der Waals surface area contributed by atoms with Crippen LogP contribution >= 0.6 is 0 Å². The number of hydrogen-bond donors (Lipinski definition) is 1. The maximum atomic E-state index is 9.61. The van der Waals surface area contributed by atoms with Crippen LogP contribution < -0.4 is 4.90 Å². The summed E-state index contributed by atoms with van der Waals surface area (Å²) in [6.07, 6.45) is 5.89. The molecule has 0 aromatic carbocycles. The monoisotopic (exact) mass is 259 g/mol. The van der Waals surface area contributed by atoms with E-state index in [0.29, 0.717) is 6.42 Å². The van der Waals surface area contributed by atoms with Crippen LogP contribution in [-0.4, -0.2) is 44.8 Å². The zero-order valence-corrected chi connectivity index (χ0v) is 11.3. The minimum Gasteiger partial charge on any atom is -0.389 e. The molecule has 0 amide bonds. The van der Waals surface area contributed by atoms with Gasteiger partial charge in [0.2, 0.25) is 0 Å². The van der Waals surface area contributed by atoms with Gasteiger partial charge in [-0.1, -0.05) is 12.2 Å². The van der Waals surface area contributed by atoms with Crippen LogP contribution in [0.4, 0.5) is 5.82 Å². The number of aryl methyl sites for hydroxylation is 1. The van der Waals surface area contributed by atoms with E-state index in [1.54, 1.807) is 6.33 Å². The van der Waals surface area contributed by atoms with Crippen LogP contribution in [0.1, 0.15) is 18.3 Å². The van der Waals surface area contributed by atoms with Crippen molar-refractivity contribution in [1.29, 1.82) is 0 Å². The van der Waals surface area contributed by atoms with Crippen molar-refractivity contribution >= 4 is 17.0 Å². The van der Waals surface area contributed by atoms with Gasteiger partial charge in [-0.2, -0.15) is 0 Å². The predicted molar refractivity (Wildman–Crippen MR) is 73.2 cm³/mol. The third-order valence-electron chi connectivity index (χ3n) is 3.33. The standard InChI is InChI=1S/C13H17N5O/c1-8-15-12(17(2)3)11-13(16-8)18(7-14-11)9-4-5-10(19)6-9/h4-5,7,9-10,19H,6H2,1-3H3. The third kappa shape index (κ3) is 1.98. The van der Waals surface area contributed by atoms with Crippen molar-refractivity contribution in [2.24, 2.45) is 0 Å². The molecule has 1 aliphatic carbocycles. The molecule has 100 valence electrons. The van der Waals surface area contributed by atoms with Crippen molar-refractivity contribution in [3.63, 3.8) is 0 Å². The van der Waals surface area contributed by atoms with Crippen molar-refractivity contribution in [2.45, 2.75) is 25.5 Å². The van der Waals surface area contributed by atoms with Gasteiger partial charge in [0.05, 0.1) is 18.5 Å². The smallest absolute Gasteiger partial charge is 0.166 e. The van der Waals surface area contributed by atoms with Crippen LogP contribution in [0, 0.1) is 6.92 Å². The van der Waals surface area contributed by atoms with Gasteiger partial charge in [0.25, 0.3) is 0 Å². The highest BCUT2D eigenvalue weighted by Crippen LogP contribution is 2.28. The first-order valence-corrected chi connectivity index (χ1v) is 6.31. The number of nitrogens with zero attached hydrogens (tertiary/aromatic N) is 5. The van der Waals surface area contributed by atoms with Gasteiger partial charge in [0.15, 0.2) is 17.0 Å². The van der Waals surface area contributed by atoms with Gasteiger partial charge in [-0.25, -0.2) is 15.0 Å². The summed E-state index contributed by atoms with van der Waals surface area (Å²) in [7, 11) is 3.89. The average Bonchev–Trinajstić information content (AvgIpc) is 2.93. The summed E-state index contributed by atoms with van der Waals surface area (Å²) >= 11 is 0. The molecule has 0 radical (unpaired) electrons. The summed E-state index contributed by atoms with van der Waals surface area (Å²) in [4.78, 5) is 15.3. The lowest BCUT2D eigenvalue weighted by Crippen LogP contribution is -2.13. The molecule has 3 rings (SSSR count). The van der Waals surface area contributed by atoms with Gasteiger partial charge in [-0.15, -0.1) is 0 Å². The second-order valence-corrected chi connectivity index (χ2v) is 5.07. The summed E-state index contributed by atoms with van der Waals surface area (Å²) in [6, 6.07) is 0.115. The number of aliphatic hydroxyl groups excluding tert-OH is 1. The van der Waals surface area contributed by atoms with E-state index in [1.807, 2.05) is 42.6 Å². The predicted octanol–water partition coefficient (Wildman–Crippen LogP) is 1.06. The molecule has 19 heavy (non-hydrogen) atoms. The number of aromatic nitrogens is 4. The lowest BCUT2D eigenvalue weighted by molar-refractivity contribution is 0.211. The number of anilines is 1. The van der Waals surface area contributed by atoms with Crippen molar-refractivity contribution in [1.82, 2.24) is 19.5 Å². The normalized spacial score (nSPS) is 22.3.